The van der Waals surface area contributed by atoms with Crippen molar-refractivity contribution >= 4 is 28.8 Å². The van der Waals surface area contributed by atoms with Crippen molar-refractivity contribution in [1.82, 2.24) is 19.5 Å². The normalized spacial score (nSPS) is 22.1. The number of benzene rings is 1. The lowest BCUT2D eigenvalue weighted by molar-refractivity contribution is -0.384. The zero-order valence-corrected chi connectivity index (χ0v) is 18.0. The van der Waals surface area contributed by atoms with Crippen molar-refractivity contribution in [1.29, 1.82) is 0 Å². The summed E-state index contributed by atoms with van der Waals surface area (Å²) in [4.78, 5) is 36.4. The van der Waals surface area contributed by atoms with Gasteiger partial charge in [0, 0.05) is 25.6 Å². The number of rotatable bonds is 7. The molecule has 0 spiro atoms. The molecule has 34 heavy (non-hydrogen) atoms. The standard InChI is InChI=1S/C20H22N6O8/c1-24(20(30)33-7-6-11-2-4-12(5-3-11)26(31)32)17-14-18(22-9-21-17)25(10-23-14)19-16(29)15(28)13(8-27)34-19/h2-5,9-10,13,15-16,19,27-29H,6-8H2,1H3/t13-,15-,16-,19-/m1/s1. The molecule has 2 aromatic heterocycles. The van der Waals surface area contributed by atoms with Gasteiger partial charge in [-0.1, -0.05) is 12.1 Å². The predicted octanol–water partition coefficient (Wildman–Crippen LogP) is 0.161. The van der Waals surface area contributed by atoms with Gasteiger partial charge in [-0.25, -0.2) is 19.7 Å². The first-order valence-corrected chi connectivity index (χ1v) is 10.3. The van der Waals surface area contributed by atoms with Gasteiger partial charge in [-0.05, 0) is 5.56 Å². The maximum absolute atomic E-state index is 12.6. The summed E-state index contributed by atoms with van der Waals surface area (Å²) in [6.45, 7) is -0.442. The maximum atomic E-state index is 12.6. The van der Waals surface area contributed by atoms with Crippen LogP contribution in [0.25, 0.3) is 11.2 Å². The van der Waals surface area contributed by atoms with Gasteiger partial charge in [0.15, 0.2) is 23.2 Å². The highest BCUT2D eigenvalue weighted by molar-refractivity contribution is 5.95. The van der Waals surface area contributed by atoms with Crippen molar-refractivity contribution in [2.24, 2.45) is 0 Å². The van der Waals surface area contributed by atoms with Gasteiger partial charge >= 0.3 is 6.09 Å². The molecule has 3 N–H and O–H groups in total. The van der Waals surface area contributed by atoms with Crippen LogP contribution >= 0.6 is 0 Å². The highest BCUT2D eigenvalue weighted by Crippen LogP contribution is 2.32. The molecule has 0 bridgehead atoms. The zero-order chi connectivity index (χ0) is 24.4. The van der Waals surface area contributed by atoms with Gasteiger partial charge in [-0.15, -0.1) is 0 Å². The van der Waals surface area contributed by atoms with Crippen molar-refractivity contribution in [2.75, 3.05) is 25.2 Å². The minimum absolute atomic E-state index is 0.0235. The number of anilines is 1. The molecule has 14 nitrogen and oxygen atoms in total. The van der Waals surface area contributed by atoms with Crippen LogP contribution in [0.2, 0.25) is 0 Å². The summed E-state index contributed by atoms with van der Waals surface area (Å²) in [6, 6.07) is 5.94. The molecule has 0 aliphatic carbocycles. The van der Waals surface area contributed by atoms with Crippen molar-refractivity contribution in [3.05, 3.63) is 52.6 Å². The Hall–Kier alpha value is -3.72. The summed E-state index contributed by atoms with van der Waals surface area (Å²) in [5, 5.41) is 40.3. The van der Waals surface area contributed by atoms with E-state index in [4.69, 9.17) is 9.47 Å². The number of ether oxygens (including phenoxy) is 2. The van der Waals surface area contributed by atoms with E-state index in [9.17, 15) is 30.2 Å². The van der Waals surface area contributed by atoms with Crippen molar-refractivity contribution in [3.63, 3.8) is 0 Å². The minimum atomic E-state index is -1.32. The number of non-ortho nitro benzene ring substituents is 1. The van der Waals surface area contributed by atoms with E-state index >= 15 is 0 Å². The Morgan fingerprint density at radius 2 is 1.97 bits per heavy atom. The molecule has 0 unspecified atom stereocenters. The topological polar surface area (TPSA) is 186 Å². The Morgan fingerprint density at radius 3 is 2.62 bits per heavy atom. The molecule has 180 valence electrons. The van der Waals surface area contributed by atoms with E-state index in [1.54, 1.807) is 12.1 Å². The number of hydrogen-bond acceptors (Lipinski definition) is 11. The van der Waals surface area contributed by atoms with Gasteiger partial charge in [0.25, 0.3) is 5.69 Å². The SMILES string of the molecule is CN(C(=O)OCCc1ccc([N+](=O)[O-])cc1)c1ncnc2c1ncn2[C@@H]1O[C@H](CO)[C@@H](O)[C@H]1O. The third-order valence-corrected chi connectivity index (χ3v) is 5.49. The van der Waals surface area contributed by atoms with Crippen LogP contribution < -0.4 is 4.90 Å². The number of aliphatic hydroxyl groups is 3. The van der Waals surface area contributed by atoms with Crippen LogP contribution in [-0.2, 0) is 15.9 Å². The van der Waals surface area contributed by atoms with Gasteiger partial charge in [0.1, 0.15) is 24.6 Å². The third-order valence-electron chi connectivity index (χ3n) is 5.49. The van der Waals surface area contributed by atoms with Crippen molar-refractivity contribution < 1.29 is 34.5 Å². The van der Waals surface area contributed by atoms with Crippen LogP contribution in [0.1, 0.15) is 11.8 Å². The number of carbonyl (C=O) groups excluding carboxylic acids is 1. The molecule has 1 aliphatic heterocycles. The Kier molecular flexibility index (Phi) is 6.65. The Bertz CT molecular complexity index is 1190. The Labute approximate surface area is 192 Å². The number of nitro groups is 1. The molecule has 1 saturated heterocycles. The van der Waals surface area contributed by atoms with Crippen LogP contribution in [0.5, 0.6) is 0 Å². The van der Waals surface area contributed by atoms with E-state index in [1.165, 1.54) is 36.4 Å². The Morgan fingerprint density at radius 1 is 1.24 bits per heavy atom. The fourth-order valence-electron chi connectivity index (χ4n) is 3.60. The van der Waals surface area contributed by atoms with Crippen molar-refractivity contribution in [2.45, 2.75) is 31.0 Å². The van der Waals surface area contributed by atoms with Crippen LogP contribution in [-0.4, -0.2) is 84.4 Å². The highest BCUT2D eigenvalue weighted by atomic mass is 16.6. The number of hydrogen-bond donors (Lipinski definition) is 3. The van der Waals surface area contributed by atoms with Gasteiger partial charge in [-0.3, -0.25) is 19.6 Å². The van der Waals surface area contributed by atoms with Crippen LogP contribution in [0, 0.1) is 10.1 Å². The second kappa shape index (κ2) is 9.64. The van der Waals surface area contributed by atoms with E-state index in [1.807, 2.05) is 0 Å². The number of nitrogens with zero attached hydrogens (tertiary/aromatic N) is 6. The second-order valence-electron chi connectivity index (χ2n) is 7.60. The zero-order valence-electron chi connectivity index (χ0n) is 18.0. The summed E-state index contributed by atoms with van der Waals surface area (Å²) >= 11 is 0. The molecular formula is C20H22N6O8. The van der Waals surface area contributed by atoms with E-state index < -0.39 is 42.2 Å². The molecule has 0 saturated carbocycles. The molecular weight excluding hydrogens is 452 g/mol. The third kappa shape index (κ3) is 4.38. The number of imidazole rings is 1. The predicted molar refractivity (Wildman–Crippen MR) is 115 cm³/mol. The Balaban J connectivity index is 1.45. The summed E-state index contributed by atoms with van der Waals surface area (Å²) in [6.07, 6.45) is -2.43. The number of aliphatic hydroxyl groups excluding tert-OH is 3. The first-order chi connectivity index (χ1) is 16.3. The molecule has 1 fully saturated rings. The first kappa shape index (κ1) is 23.4. The molecule has 3 heterocycles. The van der Waals surface area contributed by atoms with Crippen LogP contribution in [0.4, 0.5) is 16.3 Å². The average molecular weight is 474 g/mol. The first-order valence-electron chi connectivity index (χ1n) is 10.3. The summed E-state index contributed by atoms with van der Waals surface area (Å²) in [5.74, 6) is 0.149. The van der Waals surface area contributed by atoms with Gasteiger partial charge in [0.05, 0.1) is 24.5 Å². The summed E-state index contributed by atoms with van der Waals surface area (Å²) < 4.78 is 12.2. The molecule has 4 atom stereocenters. The lowest BCUT2D eigenvalue weighted by atomic mass is 10.1. The monoisotopic (exact) mass is 474 g/mol. The molecule has 1 aliphatic rings. The highest BCUT2D eigenvalue weighted by Gasteiger charge is 2.44. The lowest BCUT2D eigenvalue weighted by Crippen LogP contribution is -2.33. The smallest absolute Gasteiger partial charge is 0.415 e. The van der Waals surface area contributed by atoms with Gasteiger partial charge in [0.2, 0.25) is 0 Å². The molecule has 4 rings (SSSR count). The van der Waals surface area contributed by atoms with Crippen LogP contribution in [0.15, 0.2) is 36.9 Å². The molecule has 1 aromatic carbocycles. The molecule has 3 aromatic rings. The lowest BCUT2D eigenvalue weighted by Gasteiger charge is -2.18. The quantitative estimate of drug-likeness (QED) is 0.313. The minimum Gasteiger partial charge on any atom is -0.449 e. The van der Waals surface area contributed by atoms with E-state index in [2.05, 4.69) is 15.0 Å². The fourth-order valence-corrected chi connectivity index (χ4v) is 3.60. The number of carbonyl (C=O) groups is 1. The maximum Gasteiger partial charge on any atom is 0.415 e. The molecule has 0 radical (unpaired) electrons. The molecule has 1 amide bonds. The summed E-state index contributed by atoms with van der Waals surface area (Å²) in [7, 11) is 1.45. The van der Waals surface area contributed by atoms with E-state index in [-0.39, 0.29) is 29.3 Å². The second-order valence-corrected chi connectivity index (χ2v) is 7.60. The van der Waals surface area contributed by atoms with E-state index in [0.717, 1.165) is 10.5 Å². The van der Waals surface area contributed by atoms with Gasteiger partial charge in [-0.2, -0.15) is 0 Å². The fraction of sp³-hybridized carbons (Fsp3) is 0.400. The number of nitro benzene ring substituents is 1. The number of amides is 1. The van der Waals surface area contributed by atoms with Crippen LogP contribution in [0.3, 0.4) is 0 Å². The number of aromatic nitrogens is 4. The molecule has 14 heteroatoms. The number of fused-ring (bicyclic) bond motifs is 1. The van der Waals surface area contributed by atoms with Gasteiger partial charge < -0.3 is 24.8 Å². The largest absolute Gasteiger partial charge is 0.449 e. The van der Waals surface area contributed by atoms with Crippen molar-refractivity contribution in [3.8, 4) is 0 Å². The summed E-state index contributed by atoms with van der Waals surface area (Å²) in [5.41, 5.74) is 1.22. The average Bonchev–Trinajstić information content (AvgIpc) is 3.39. The van der Waals surface area contributed by atoms with E-state index in [0.29, 0.717) is 6.42 Å².